The molecule has 41 heavy (non-hydrogen) atoms. The second-order valence-corrected chi connectivity index (χ2v) is 11.3. The van der Waals surface area contributed by atoms with Crippen molar-refractivity contribution in [2.75, 3.05) is 19.8 Å². The van der Waals surface area contributed by atoms with E-state index in [0.29, 0.717) is 29.9 Å². The van der Waals surface area contributed by atoms with E-state index < -0.39 is 41.8 Å². The van der Waals surface area contributed by atoms with Gasteiger partial charge in [-0.3, -0.25) is 15.0 Å². The van der Waals surface area contributed by atoms with Crippen LogP contribution in [0.3, 0.4) is 0 Å². The summed E-state index contributed by atoms with van der Waals surface area (Å²) in [7, 11) is 0. The molecule has 3 rings (SSSR count). The average molecular weight is 644 g/mol. The van der Waals surface area contributed by atoms with Crippen LogP contribution in [0.4, 0.5) is 13.2 Å². The van der Waals surface area contributed by atoms with Gasteiger partial charge in [0.1, 0.15) is 17.9 Å². The zero-order chi connectivity index (χ0) is 30.3. The first kappa shape index (κ1) is 32.4. The second kappa shape index (κ2) is 13.7. The summed E-state index contributed by atoms with van der Waals surface area (Å²) in [6, 6.07) is 13.5. The molecule has 13 heteroatoms. The van der Waals surface area contributed by atoms with Crippen molar-refractivity contribution < 1.29 is 42.1 Å². The fourth-order valence-electron chi connectivity index (χ4n) is 4.03. The van der Waals surface area contributed by atoms with Crippen molar-refractivity contribution >= 4 is 33.7 Å². The number of rotatable bonds is 12. The number of benzene rings is 2. The lowest BCUT2D eigenvalue weighted by Gasteiger charge is -2.31. The Balaban J connectivity index is 2.01. The monoisotopic (exact) mass is 643 g/mol. The number of hydrogen-bond donors (Lipinski definition) is 3. The zero-order valence-corrected chi connectivity index (χ0v) is 24.5. The quantitative estimate of drug-likeness (QED) is 0.173. The first-order valence-corrected chi connectivity index (χ1v) is 13.7. The number of nitrogens with zero attached hydrogens (tertiary/aromatic N) is 1. The summed E-state index contributed by atoms with van der Waals surface area (Å²) in [4.78, 5) is 30.9. The molecule has 1 aliphatic heterocycles. The second-order valence-electron chi connectivity index (χ2n) is 10.3. The Morgan fingerprint density at radius 3 is 2.34 bits per heavy atom. The maximum atomic E-state index is 13.6. The third-order valence-corrected chi connectivity index (χ3v) is 6.35. The molecule has 2 aromatic rings. The van der Waals surface area contributed by atoms with Gasteiger partial charge in [0.15, 0.2) is 11.6 Å². The molecule has 0 spiro atoms. The van der Waals surface area contributed by atoms with Gasteiger partial charge < -0.3 is 19.3 Å². The van der Waals surface area contributed by atoms with Crippen LogP contribution in [-0.4, -0.2) is 60.0 Å². The van der Waals surface area contributed by atoms with E-state index >= 15 is 0 Å². The Kier molecular flexibility index (Phi) is 10.8. The Morgan fingerprint density at radius 1 is 1.10 bits per heavy atom. The van der Waals surface area contributed by atoms with Crippen molar-refractivity contribution in [1.82, 2.24) is 10.9 Å². The van der Waals surface area contributed by atoms with Crippen molar-refractivity contribution in [3.63, 3.8) is 0 Å². The Hall–Kier alpha value is -3.16. The van der Waals surface area contributed by atoms with E-state index in [2.05, 4.69) is 26.3 Å². The predicted octanol–water partition coefficient (Wildman–Crippen LogP) is 4.77. The third kappa shape index (κ3) is 9.44. The van der Waals surface area contributed by atoms with Crippen LogP contribution in [0.2, 0.25) is 0 Å². The van der Waals surface area contributed by atoms with Gasteiger partial charge in [0, 0.05) is 29.5 Å². The molecule has 0 aromatic heterocycles. The van der Waals surface area contributed by atoms with Crippen LogP contribution in [-0.2, 0) is 19.1 Å². The minimum atomic E-state index is -4.58. The smallest absolute Gasteiger partial charge is 0.402 e. The lowest BCUT2D eigenvalue weighted by Crippen LogP contribution is -2.54. The van der Waals surface area contributed by atoms with E-state index in [4.69, 9.17) is 19.3 Å². The summed E-state index contributed by atoms with van der Waals surface area (Å²) >= 11 is 3.37. The number of aliphatic hydroxyl groups is 1. The Morgan fingerprint density at radius 2 is 1.76 bits per heavy atom. The van der Waals surface area contributed by atoms with Gasteiger partial charge in [-0.05, 0) is 69.2 Å². The van der Waals surface area contributed by atoms with Gasteiger partial charge in [0.25, 0.3) is 5.91 Å². The van der Waals surface area contributed by atoms with E-state index in [9.17, 15) is 22.8 Å². The van der Waals surface area contributed by atoms with Crippen molar-refractivity contribution in [3.8, 4) is 5.75 Å². The summed E-state index contributed by atoms with van der Waals surface area (Å²) in [5, 5.41) is 8.95. The highest BCUT2D eigenvalue weighted by atomic mass is 79.9. The topological polar surface area (TPSA) is 118 Å². The average Bonchev–Trinajstić information content (AvgIpc) is 3.28. The molecule has 3 N–H and O–H groups in total. The number of aliphatic hydroxyl groups excluding tert-OH is 1. The van der Waals surface area contributed by atoms with Crippen LogP contribution in [0, 0.1) is 0 Å². The molecule has 1 heterocycles. The molecule has 0 fully saturated rings. The molecule has 0 radical (unpaired) electrons. The van der Waals surface area contributed by atoms with Crippen LogP contribution in [0.5, 0.6) is 5.75 Å². The van der Waals surface area contributed by atoms with Gasteiger partial charge in [-0.15, -0.1) is 0 Å². The molecule has 0 bridgehead atoms. The number of amides is 1. The summed E-state index contributed by atoms with van der Waals surface area (Å²) in [6.07, 6.45) is -5.67. The molecule has 2 atom stereocenters. The van der Waals surface area contributed by atoms with Crippen LogP contribution in [0.25, 0.3) is 0 Å². The number of nitrogens with one attached hydrogen (secondary N) is 2. The largest absolute Gasteiger partial charge is 0.494 e. The Bertz CT molecular complexity index is 1220. The van der Waals surface area contributed by atoms with Gasteiger partial charge in [0.2, 0.25) is 5.90 Å². The SMILES string of the molecule is CC(C)(C)OC(=O)CC[C@]1(C(=O)NNCC(F)(F)F)N=C(c2ccc(OCCCO)cc2)O[C@H]1c1ccc(Br)cc1. The molecule has 9 nitrogen and oxygen atoms in total. The standard InChI is InChI=1S/C28H33BrF3N3O6/c1-26(2,3)41-22(37)13-14-27(25(38)35-33-17-28(30,31)32)23(18-5-9-20(29)10-6-18)40-24(34-27)19-7-11-21(12-8-19)39-16-4-15-36/h5-12,23,33,36H,4,13-17H2,1-3H3,(H,35,38)/t23-,27-/m0/s1. The van der Waals surface area contributed by atoms with Crippen molar-refractivity contribution in [1.29, 1.82) is 0 Å². The molecule has 0 saturated heterocycles. The lowest BCUT2D eigenvalue weighted by atomic mass is 9.83. The van der Waals surface area contributed by atoms with Gasteiger partial charge in [-0.25, -0.2) is 10.4 Å². The van der Waals surface area contributed by atoms with E-state index in [1.165, 1.54) is 0 Å². The van der Waals surface area contributed by atoms with Crippen molar-refractivity contribution in [2.24, 2.45) is 4.99 Å². The first-order chi connectivity index (χ1) is 19.2. The van der Waals surface area contributed by atoms with Crippen LogP contribution < -0.4 is 15.6 Å². The van der Waals surface area contributed by atoms with E-state index in [0.717, 1.165) is 4.47 Å². The number of halogens is 4. The van der Waals surface area contributed by atoms with Gasteiger partial charge >= 0.3 is 12.1 Å². The highest BCUT2D eigenvalue weighted by Crippen LogP contribution is 2.43. The van der Waals surface area contributed by atoms with Crippen LogP contribution in [0.1, 0.15) is 57.3 Å². The highest BCUT2D eigenvalue weighted by Gasteiger charge is 2.53. The summed E-state index contributed by atoms with van der Waals surface area (Å²) in [5.41, 5.74) is 2.42. The van der Waals surface area contributed by atoms with E-state index in [1.807, 2.05) is 5.43 Å². The molecule has 0 aliphatic carbocycles. The summed E-state index contributed by atoms with van der Waals surface area (Å²) < 4.78 is 56.4. The number of ether oxygens (including phenoxy) is 3. The minimum Gasteiger partial charge on any atom is -0.494 e. The number of carbonyl (C=O) groups excluding carboxylic acids is 2. The van der Waals surface area contributed by atoms with Gasteiger partial charge in [0.05, 0.1) is 6.61 Å². The number of hydrazine groups is 1. The van der Waals surface area contributed by atoms with Crippen LogP contribution >= 0.6 is 15.9 Å². The maximum Gasteiger partial charge on any atom is 0.402 e. The molecule has 0 saturated carbocycles. The number of hydrogen-bond acceptors (Lipinski definition) is 8. The lowest BCUT2D eigenvalue weighted by molar-refractivity contribution is -0.155. The zero-order valence-electron chi connectivity index (χ0n) is 22.9. The summed E-state index contributed by atoms with van der Waals surface area (Å²) in [6.45, 7) is 3.93. The Labute approximate surface area is 244 Å². The molecule has 1 aliphatic rings. The maximum absolute atomic E-state index is 13.6. The van der Waals surface area contributed by atoms with E-state index in [-0.39, 0.29) is 25.3 Å². The fraction of sp³-hybridized carbons (Fsp3) is 0.464. The number of carbonyl (C=O) groups is 2. The van der Waals surface area contributed by atoms with Gasteiger partial charge in [-0.1, -0.05) is 28.1 Å². The number of esters is 1. The third-order valence-electron chi connectivity index (χ3n) is 5.82. The number of alkyl halides is 3. The molecule has 0 unspecified atom stereocenters. The van der Waals surface area contributed by atoms with E-state index in [1.54, 1.807) is 69.3 Å². The molecule has 1 amide bonds. The highest BCUT2D eigenvalue weighted by molar-refractivity contribution is 9.10. The molecule has 2 aromatic carbocycles. The molecular formula is C28H33BrF3N3O6. The minimum absolute atomic E-state index is 0.00849. The predicted molar refractivity (Wildman–Crippen MR) is 148 cm³/mol. The summed E-state index contributed by atoms with van der Waals surface area (Å²) in [5.74, 6) is -0.904. The normalized spacial score (nSPS) is 18.8. The first-order valence-electron chi connectivity index (χ1n) is 12.9. The van der Waals surface area contributed by atoms with Crippen LogP contribution in [0.15, 0.2) is 58.0 Å². The van der Waals surface area contributed by atoms with Crippen molar-refractivity contribution in [3.05, 3.63) is 64.1 Å². The van der Waals surface area contributed by atoms with Crippen molar-refractivity contribution in [2.45, 2.75) is 63.5 Å². The fourth-order valence-corrected chi connectivity index (χ4v) is 4.29. The van der Waals surface area contributed by atoms with Gasteiger partial charge in [-0.2, -0.15) is 13.2 Å². The molecule has 224 valence electrons. The molecular weight excluding hydrogens is 611 g/mol. The number of aliphatic imine (C=N–C) groups is 1.